The number of ether oxygens (including phenoxy) is 2. The van der Waals surface area contributed by atoms with E-state index in [-0.39, 0.29) is 24.3 Å². The van der Waals surface area contributed by atoms with Crippen LogP contribution in [0.25, 0.3) is 0 Å². The van der Waals surface area contributed by atoms with Crippen LogP contribution in [0, 0.1) is 11.8 Å². The number of alkyl carbamates (subject to hydrolysis) is 1. The van der Waals surface area contributed by atoms with Crippen LogP contribution in [0.3, 0.4) is 0 Å². The molecule has 0 unspecified atom stereocenters. The Kier molecular flexibility index (Phi) is 10.4. The molecule has 8 heteroatoms. The number of carbonyl (C=O) groups is 2. The minimum absolute atomic E-state index is 0.0122. The maximum Gasteiger partial charge on any atom is 0.410 e. The summed E-state index contributed by atoms with van der Waals surface area (Å²) in [7, 11) is 0. The fourth-order valence-electron chi connectivity index (χ4n) is 7.32. The standard InChI is InChI=1S/C37H54N4O4/c1-36(2,3)44-34(42)39-22-26-16-18-27(19-17-26)23-40(32-15-9-13-28-14-10-20-38-33(28)32)25-31-21-29-11-7-8-12-30(29)24-41(31)35(43)45-37(4,5)6/h7-8,10-12,14,20,26-27,31-32H,9,13,15-19,21-25H2,1-6H3,(H,39,42)/t26-,27-,31-,32+/m1/s1. The van der Waals surface area contributed by atoms with Gasteiger partial charge in [0.1, 0.15) is 11.2 Å². The van der Waals surface area contributed by atoms with Gasteiger partial charge in [-0.1, -0.05) is 30.3 Å². The maximum absolute atomic E-state index is 13.6. The van der Waals surface area contributed by atoms with E-state index in [1.807, 2.05) is 52.6 Å². The van der Waals surface area contributed by atoms with Crippen molar-refractivity contribution in [3.05, 3.63) is 65.0 Å². The van der Waals surface area contributed by atoms with Gasteiger partial charge >= 0.3 is 12.2 Å². The van der Waals surface area contributed by atoms with Gasteiger partial charge < -0.3 is 14.8 Å². The molecular weight excluding hydrogens is 564 g/mol. The van der Waals surface area contributed by atoms with Crippen LogP contribution >= 0.6 is 0 Å². The highest BCUT2D eigenvalue weighted by Gasteiger charge is 2.37. The average Bonchev–Trinajstić information content (AvgIpc) is 2.98. The lowest BCUT2D eigenvalue weighted by molar-refractivity contribution is 0.00276. The minimum Gasteiger partial charge on any atom is -0.444 e. The van der Waals surface area contributed by atoms with E-state index in [1.54, 1.807) is 0 Å². The Morgan fingerprint density at radius 3 is 2.24 bits per heavy atom. The fourth-order valence-corrected chi connectivity index (χ4v) is 7.32. The number of amides is 2. The molecule has 2 amide bonds. The topological polar surface area (TPSA) is 84.0 Å². The summed E-state index contributed by atoms with van der Waals surface area (Å²) in [5.74, 6) is 1.03. The van der Waals surface area contributed by atoms with Crippen molar-refractivity contribution in [2.45, 2.75) is 123 Å². The summed E-state index contributed by atoms with van der Waals surface area (Å²) in [6.45, 7) is 14.5. The van der Waals surface area contributed by atoms with E-state index in [2.05, 4.69) is 46.6 Å². The lowest BCUT2D eigenvalue weighted by Crippen LogP contribution is -2.52. The first kappa shape index (κ1) is 33.2. The SMILES string of the molecule is CC(C)(C)OC(=O)NC[C@H]1CC[C@H](CN(C[C@H]2Cc3ccccc3CN2C(=O)OC(C)(C)C)[C@H]2CCCc3cccnc32)CC1. The van der Waals surface area contributed by atoms with Crippen molar-refractivity contribution in [2.75, 3.05) is 19.6 Å². The number of aromatic nitrogens is 1. The Morgan fingerprint density at radius 1 is 0.867 bits per heavy atom. The van der Waals surface area contributed by atoms with Gasteiger partial charge in [0.05, 0.1) is 17.8 Å². The van der Waals surface area contributed by atoms with E-state index in [0.717, 1.165) is 64.5 Å². The zero-order valence-electron chi connectivity index (χ0n) is 28.3. The van der Waals surface area contributed by atoms with Gasteiger partial charge in [-0.05, 0) is 128 Å². The number of benzene rings is 1. The van der Waals surface area contributed by atoms with Gasteiger partial charge in [-0.2, -0.15) is 0 Å². The van der Waals surface area contributed by atoms with Crippen molar-refractivity contribution in [3.8, 4) is 0 Å². The summed E-state index contributed by atoms with van der Waals surface area (Å²) in [5, 5.41) is 2.99. The third kappa shape index (κ3) is 9.21. The molecule has 45 heavy (non-hydrogen) atoms. The number of hydrogen-bond acceptors (Lipinski definition) is 6. The van der Waals surface area contributed by atoms with Crippen LogP contribution in [0.5, 0.6) is 0 Å². The highest BCUT2D eigenvalue weighted by molar-refractivity contribution is 5.69. The second kappa shape index (κ2) is 14.1. The fraction of sp³-hybridized carbons (Fsp3) is 0.649. The maximum atomic E-state index is 13.6. The highest BCUT2D eigenvalue weighted by atomic mass is 16.6. The van der Waals surface area contributed by atoms with E-state index in [0.29, 0.717) is 24.9 Å². The van der Waals surface area contributed by atoms with E-state index >= 15 is 0 Å². The monoisotopic (exact) mass is 618 g/mol. The molecule has 1 aliphatic heterocycles. The number of nitrogens with zero attached hydrogens (tertiary/aromatic N) is 3. The molecule has 1 fully saturated rings. The minimum atomic E-state index is -0.554. The van der Waals surface area contributed by atoms with Gasteiger partial charge in [0.15, 0.2) is 0 Å². The third-order valence-electron chi connectivity index (χ3n) is 9.43. The van der Waals surface area contributed by atoms with Crippen LogP contribution in [0.1, 0.15) is 108 Å². The molecule has 246 valence electrons. The van der Waals surface area contributed by atoms with E-state index in [1.165, 1.54) is 22.4 Å². The molecule has 5 rings (SSSR count). The summed E-state index contributed by atoms with van der Waals surface area (Å²) < 4.78 is 11.4. The van der Waals surface area contributed by atoms with Crippen LogP contribution in [0.15, 0.2) is 42.6 Å². The van der Waals surface area contributed by atoms with Crippen molar-refractivity contribution < 1.29 is 19.1 Å². The summed E-state index contributed by atoms with van der Waals surface area (Å²) in [6, 6.07) is 13.1. The largest absolute Gasteiger partial charge is 0.444 e. The molecule has 0 radical (unpaired) electrons. The van der Waals surface area contributed by atoms with Gasteiger partial charge in [-0.25, -0.2) is 9.59 Å². The summed E-state index contributed by atoms with van der Waals surface area (Å²) in [6.07, 6.45) is 9.92. The third-order valence-corrected chi connectivity index (χ3v) is 9.43. The summed E-state index contributed by atoms with van der Waals surface area (Å²) in [4.78, 5) is 35.4. The van der Waals surface area contributed by atoms with Crippen LogP contribution in [0.2, 0.25) is 0 Å². The van der Waals surface area contributed by atoms with Crippen LogP contribution in [-0.2, 0) is 28.9 Å². The number of carbonyl (C=O) groups excluding carboxylic acids is 2. The lowest BCUT2D eigenvalue weighted by atomic mass is 9.81. The molecule has 0 saturated heterocycles. The number of hydrogen-bond donors (Lipinski definition) is 1. The quantitative estimate of drug-likeness (QED) is 0.347. The van der Waals surface area contributed by atoms with Gasteiger partial charge in [0.2, 0.25) is 0 Å². The predicted molar refractivity (Wildman–Crippen MR) is 177 cm³/mol. The second-order valence-corrected chi connectivity index (χ2v) is 15.4. The highest BCUT2D eigenvalue weighted by Crippen LogP contribution is 2.37. The molecule has 1 aromatic heterocycles. The van der Waals surface area contributed by atoms with Crippen molar-refractivity contribution in [1.82, 2.24) is 20.1 Å². The van der Waals surface area contributed by atoms with E-state index in [4.69, 9.17) is 14.5 Å². The molecule has 2 aliphatic carbocycles. The summed E-state index contributed by atoms with van der Waals surface area (Å²) >= 11 is 0. The van der Waals surface area contributed by atoms with Crippen LogP contribution in [0.4, 0.5) is 9.59 Å². The first-order valence-electron chi connectivity index (χ1n) is 17.1. The predicted octanol–water partition coefficient (Wildman–Crippen LogP) is 7.45. The Bertz CT molecular complexity index is 1310. The zero-order chi connectivity index (χ0) is 32.2. The van der Waals surface area contributed by atoms with Crippen molar-refractivity contribution in [1.29, 1.82) is 0 Å². The number of rotatable bonds is 7. The Balaban J connectivity index is 1.32. The molecule has 2 heterocycles. The van der Waals surface area contributed by atoms with Gasteiger partial charge in [-0.3, -0.25) is 14.8 Å². The number of aryl methyl sites for hydroxylation is 1. The Labute approximate surface area is 270 Å². The van der Waals surface area contributed by atoms with Crippen LogP contribution in [-0.4, -0.2) is 63.8 Å². The number of nitrogens with one attached hydrogen (secondary N) is 1. The molecule has 0 bridgehead atoms. The molecule has 8 nitrogen and oxygen atoms in total. The molecule has 1 saturated carbocycles. The van der Waals surface area contributed by atoms with Crippen LogP contribution < -0.4 is 5.32 Å². The molecule has 2 atom stereocenters. The van der Waals surface area contributed by atoms with Crippen molar-refractivity contribution in [3.63, 3.8) is 0 Å². The molecule has 2 aromatic rings. The lowest BCUT2D eigenvalue weighted by Gasteiger charge is -2.44. The van der Waals surface area contributed by atoms with Gasteiger partial charge in [0, 0.05) is 32.4 Å². The molecule has 0 spiro atoms. The zero-order valence-corrected chi connectivity index (χ0v) is 28.3. The first-order chi connectivity index (χ1) is 21.3. The molecule has 1 aromatic carbocycles. The van der Waals surface area contributed by atoms with Gasteiger partial charge in [0.25, 0.3) is 0 Å². The Morgan fingerprint density at radius 2 is 1.53 bits per heavy atom. The first-order valence-corrected chi connectivity index (χ1v) is 17.1. The molecular formula is C37H54N4O4. The average molecular weight is 619 g/mol. The Hall–Kier alpha value is -3.13. The van der Waals surface area contributed by atoms with E-state index in [9.17, 15) is 9.59 Å². The smallest absolute Gasteiger partial charge is 0.410 e. The second-order valence-electron chi connectivity index (χ2n) is 15.4. The van der Waals surface area contributed by atoms with Gasteiger partial charge in [-0.15, -0.1) is 0 Å². The summed E-state index contributed by atoms with van der Waals surface area (Å²) in [5.41, 5.74) is 4.04. The normalized spacial score (nSPS) is 23.6. The number of pyridine rings is 1. The van der Waals surface area contributed by atoms with Crippen molar-refractivity contribution in [2.24, 2.45) is 11.8 Å². The van der Waals surface area contributed by atoms with Crippen molar-refractivity contribution >= 4 is 12.2 Å². The number of fused-ring (bicyclic) bond motifs is 2. The molecule has 3 aliphatic rings. The van der Waals surface area contributed by atoms with E-state index < -0.39 is 11.2 Å². The molecule has 1 N–H and O–H groups in total.